The third-order valence-corrected chi connectivity index (χ3v) is 3.02. The molecule has 6 nitrogen and oxygen atoms in total. The van der Waals surface area contributed by atoms with Crippen LogP contribution in [0.2, 0.25) is 0 Å². The van der Waals surface area contributed by atoms with E-state index in [9.17, 15) is 0 Å². The van der Waals surface area contributed by atoms with E-state index in [1.54, 1.807) is 0 Å². The summed E-state index contributed by atoms with van der Waals surface area (Å²) >= 11 is 0. The maximum Gasteiger partial charge on any atom is 0.318 e. The quantitative estimate of drug-likeness (QED) is 0.830. The average molecular weight is 239 g/mol. The largest absolute Gasteiger partial charge is 0.406 e. The fraction of sp³-hybridized carbons (Fsp3) is 0.818. The van der Waals surface area contributed by atoms with Crippen molar-refractivity contribution in [1.29, 1.82) is 0 Å². The minimum atomic E-state index is -0.203. The van der Waals surface area contributed by atoms with Crippen LogP contribution in [0.3, 0.4) is 0 Å². The zero-order chi connectivity index (χ0) is 12.4. The fourth-order valence-electron chi connectivity index (χ4n) is 2.23. The highest BCUT2D eigenvalue weighted by Gasteiger charge is 2.29. The zero-order valence-electron chi connectivity index (χ0n) is 10.8. The van der Waals surface area contributed by atoms with Crippen molar-refractivity contribution in [3.05, 3.63) is 5.89 Å². The standard InChI is InChI=1S/C11H21N5O/c1-8(12)10-13-14-11(17-10)16-6-4-5-9(16)7-15(2)3/h8-9H,4-7,12H2,1-3H3. The molecule has 0 aromatic carbocycles. The van der Waals surface area contributed by atoms with Gasteiger partial charge in [-0.05, 0) is 33.9 Å². The first-order valence-electron chi connectivity index (χ1n) is 6.08. The van der Waals surface area contributed by atoms with Crippen LogP contribution in [0.1, 0.15) is 31.7 Å². The molecule has 1 saturated heterocycles. The minimum absolute atomic E-state index is 0.203. The van der Waals surface area contributed by atoms with Crippen molar-refractivity contribution < 1.29 is 4.42 Å². The molecule has 1 aliphatic rings. The molecule has 17 heavy (non-hydrogen) atoms. The Kier molecular flexibility index (Phi) is 3.63. The Morgan fingerprint density at radius 1 is 1.53 bits per heavy atom. The molecule has 2 heterocycles. The van der Waals surface area contributed by atoms with Gasteiger partial charge < -0.3 is 20.0 Å². The predicted molar refractivity (Wildman–Crippen MR) is 65.8 cm³/mol. The van der Waals surface area contributed by atoms with Crippen LogP contribution < -0.4 is 10.6 Å². The van der Waals surface area contributed by atoms with Gasteiger partial charge in [-0.15, -0.1) is 5.10 Å². The van der Waals surface area contributed by atoms with E-state index in [1.165, 1.54) is 12.8 Å². The number of aromatic nitrogens is 2. The molecule has 2 rings (SSSR count). The van der Waals surface area contributed by atoms with Crippen LogP contribution in [0.4, 0.5) is 6.01 Å². The molecule has 1 fully saturated rings. The Labute approximate surface area is 102 Å². The summed E-state index contributed by atoms with van der Waals surface area (Å²) in [6.45, 7) is 3.84. The van der Waals surface area contributed by atoms with Gasteiger partial charge in [0, 0.05) is 19.1 Å². The van der Waals surface area contributed by atoms with Gasteiger partial charge in [0.1, 0.15) is 0 Å². The van der Waals surface area contributed by atoms with E-state index in [0.29, 0.717) is 17.9 Å². The Bertz CT molecular complexity index is 362. The highest BCUT2D eigenvalue weighted by molar-refractivity contribution is 5.29. The lowest BCUT2D eigenvalue weighted by Crippen LogP contribution is -2.37. The van der Waals surface area contributed by atoms with Crippen molar-refractivity contribution in [2.45, 2.75) is 31.8 Å². The summed E-state index contributed by atoms with van der Waals surface area (Å²) in [6.07, 6.45) is 2.35. The molecule has 2 atom stereocenters. The Balaban J connectivity index is 2.09. The lowest BCUT2D eigenvalue weighted by Gasteiger charge is -2.25. The molecule has 0 saturated carbocycles. The zero-order valence-corrected chi connectivity index (χ0v) is 10.8. The Hall–Kier alpha value is -1.14. The van der Waals surface area contributed by atoms with Gasteiger partial charge in [-0.3, -0.25) is 0 Å². The molecule has 1 aromatic heterocycles. The number of rotatable bonds is 4. The maximum absolute atomic E-state index is 5.72. The third-order valence-electron chi connectivity index (χ3n) is 3.02. The number of hydrogen-bond acceptors (Lipinski definition) is 6. The summed E-state index contributed by atoms with van der Waals surface area (Å²) in [5.74, 6) is 0.510. The number of hydrogen-bond donors (Lipinski definition) is 1. The normalized spacial score (nSPS) is 22.4. The number of likely N-dealkylation sites (N-methyl/N-ethyl adjacent to an activating group) is 1. The van der Waals surface area contributed by atoms with Crippen LogP contribution in [-0.2, 0) is 0 Å². The monoisotopic (exact) mass is 239 g/mol. The smallest absolute Gasteiger partial charge is 0.318 e. The number of anilines is 1. The topological polar surface area (TPSA) is 71.4 Å². The lowest BCUT2D eigenvalue weighted by molar-refractivity contribution is 0.362. The molecule has 0 spiro atoms. The molecule has 0 aliphatic carbocycles. The highest BCUT2D eigenvalue weighted by atomic mass is 16.4. The third kappa shape index (κ3) is 2.76. The number of nitrogens with zero attached hydrogens (tertiary/aromatic N) is 4. The van der Waals surface area contributed by atoms with Gasteiger partial charge in [0.25, 0.3) is 0 Å². The summed E-state index contributed by atoms with van der Waals surface area (Å²) in [7, 11) is 4.16. The molecule has 2 unspecified atom stereocenters. The Morgan fingerprint density at radius 2 is 2.29 bits per heavy atom. The van der Waals surface area contributed by atoms with E-state index in [0.717, 1.165) is 13.1 Å². The van der Waals surface area contributed by atoms with Crippen LogP contribution in [0.25, 0.3) is 0 Å². The average Bonchev–Trinajstić information content (AvgIpc) is 2.83. The molecule has 1 aromatic rings. The van der Waals surface area contributed by atoms with Gasteiger partial charge in [0.15, 0.2) is 0 Å². The van der Waals surface area contributed by atoms with Crippen LogP contribution in [0.5, 0.6) is 0 Å². The van der Waals surface area contributed by atoms with Gasteiger partial charge in [0.05, 0.1) is 6.04 Å². The van der Waals surface area contributed by atoms with E-state index in [1.807, 2.05) is 6.92 Å². The predicted octanol–water partition coefficient (Wildman–Crippen LogP) is 0.620. The summed E-state index contributed by atoms with van der Waals surface area (Å²) < 4.78 is 5.60. The second kappa shape index (κ2) is 5.01. The van der Waals surface area contributed by atoms with E-state index in [-0.39, 0.29) is 6.04 Å². The van der Waals surface area contributed by atoms with Crippen LogP contribution >= 0.6 is 0 Å². The minimum Gasteiger partial charge on any atom is -0.406 e. The first kappa shape index (κ1) is 12.3. The van der Waals surface area contributed by atoms with E-state index in [2.05, 4.69) is 34.1 Å². The molecular weight excluding hydrogens is 218 g/mol. The fourth-order valence-corrected chi connectivity index (χ4v) is 2.23. The Morgan fingerprint density at radius 3 is 2.88 bits per heavy atom. The van der Waals surface area contributed by atoms with Crippen molar-refractivity contribution in [3.8, 4) is 0 Å². The molecular formula is C11H21N5O. The second-order valence-electron chi connectivity index (χ2n) is 4.96. The molecule has 0 amide bonds. The summed E-state index contributed by atoms with van der Waals surface area (Å²) in [6, 6.07) is 0.874. The summed E-state index contributed by atoms with van der Waals surface area (Å²) in [4.78, 5) is 4.38. The molecule has 96 valence electrons. The molecule has 0 radical (unpaired) electrons. The maximum atomic E-state index is 5.72. The van der Waals surface area contributed by atoms with E-state index in [4.69, 9.17) is 10.2 Å². The van der Waals surface area contributed by atoms with E-state index >= 15 is 0 Å². The molecule has 0 bridgehead atoms. The molecule has 1 aliphatic heterocycles. The highest BCUT2D eigenvalue weighted by Crippen LogP contribution is 2.25. The van der Waals surface area contributed by atoms with Crippen LogP contribution in [-0.4, -0.2) is 48.3 Å². The molecule has 2 N–H and O–H groups in total. The van der Waals surface area contributed by atoms with E-state index < -0.39 is 0 Å². The summed E-state index contributed by atoms with van der Waals surface area (Å²) in [5, 5.41) is 8.06. The van der Waals surface area contributed by atoms with Gasteiger partial charge in [0.2, 0.25) is 5.89 Å². The van der Waals surface area contributed by atoms with Crippen molar-refractivity contribution in [2.75, 3.05) is 32.1 Å². The first-order valence-corrected chi connectivity index (χ1v) is 6.08. The first-order chi connectivity index (χ1) is 8.08. The van der Waals surface area contributed by atoms with Gasteiger partial charge in [-0.2, -0.15) is 0 Å². The number of nitrogens with two attached hydrogens (primary N) is 1. The molecule has 6 heteroatoms. The second-order valence-corrected chi connectivity index (χ2v) is 4.96. The van der Waals surface area contributed by atoms with Gasteiger partial charge in [-0.1, -0.05) is 5.10 Å². The van der Waals surface area contributed by atoms with Gasteiger partial charge >= 0.3 is 6.01 Å². The summed E-state index contributed by atoms with van der Waals surface area (Å²) in [5.41, 5.74) is 5.72. The van der Waals surface area contributed by atoms with Crippen molar-refractivity contribution in [2.24, 2.45) is 5.73 Å². The van der Waals surface area contributed by atoms with Crippen LogP contribution in [0, 0.1) is 0 Å². The van der Waals surface area contributed by atoms with Gasteiger partial charge in [-0.25, -0.2) is 0 Å². The van der Waals surface area contributed by atoms with Crippen molar-refractivity contribution in [3.63, 3.8) is 0 Å². The lowest BCUT2D eigenvalue weighted by atomic mass is 10.2. The van der Waals surface area contributed by atoms with Crippen molar-refractivity contribution in [1.82, 2.24) is 15.1 Å². The SMILES string of the molecule is CC(N)c1nnc(N2CCCC2CN(C)C)o1. The van der Waals surface area contributed by atoms with Crippen LogP contribution in [0.15, 0.2) is 4.42 Å². The van der Waals surface area contributed by atoms with Crippen molar-refractivity contribution >= 4 is 6.01 Å².